The van der Waals surface area contributed by atoms with Gasteiger partial charge in [-0.2, -0.15) is 0 Å². The lowest BCUT2D eigenvalue weighted by atomic mass is 10.2. The molecule has 0 bridgehead atoms. The first-order valence-corrected chi connectivity index (χ1v) is 9.54. The summed E-state index contributed by atoms with van der Waals surface area (Å²) in [5.74, 6) is -1.19. The molecule has 3 aromatic rings. The molecule has 1 atom stereocenters. The van der Waals surface area contributed by atoms with Crippen LogP contribution in [0.1, 0.15) is 0 Å². The molecule has 2 aromatic carbocycles. The van der Waals surface area contributed by atoms with Crippen LogP contribution in [0.5, 0.6) is 11.5 Å². The predicted octanol–water partition coefficient (Wildman–Crippen LogP) is 4.26. The molecule has 160 valence electrons. The van der Waals surface area contributed by atoms with Gasteiger partial charge in [0, 0.05) is 17.2 Å². The van der Waals surface area contributed by atoms with Gasteiger partial charge in [0.05, 0.1) is 17.7 Å². The Morgan fingerprint density at radius 1 is 1.13 bits per heavy atom. The third-order valence-electron chi connectivity index (χ3n) is 3.70. The van der Waals surface area contributed by atoms with Gasteiger partial charge in [0.25, 0.3) is 0 Å². The third kappa shape index (κ3) is 5.57. The topological polar surface area (TPSA) is 90.5 Å². The maximum atomic E-state index is 14.3. The minimum absolute atomic E-state index is 0.0971. The van der Waals surface area contributed by atoms with Crippen molar-refractivity contribution in [2.45, 2.75) is 12.4 Å². The zero-order chi connectivity index (χ0) is 21.9. The number of hydrogen-bond acceptors (Lipinski definition) is 7. The summed E-state index contributed by atoms with van der Waals surface area (Å²) in [6.45, 7) is -0.412. The monoisotopic (exact) mass is 463 g/mol. The van der Waals surface area contributed by atoms with Crippen LogP contribution in [0.2, 0.25) is 5.02 Å². The van der Waals surface area contributed by atoms with E-state index in [4.69, 9.17) is 27.2 Å². The molecule has 0 saturated heterocycles. The van der Waals surface area contributed by atoms with E-state index in [-0.39, 0.29) is 35.3 Å². The fourth-order valence-electron chi connectivity index (χ4n) is 2.30. The molecule has 0 aliphatic rings. The summed E-state index contributed by atoms with van der Waals surface area (Å²) in [5.41, 5.74) is 6.29. The SMILES string of the molecule is N[C@H](CO)COc1cc(Cl)c(-c2nnc(-c3ccc(OC(F)(F)F)cc3)s2)cc1F. The maximum absolute atomic E-state index is 14.3. The van der Waals surface area contributed by atoms with E-state index in [1.54, 1.807) is 0 Å². The van der Waals surface area contributed by atoms with Gasteiger partial charge < -0.3 is 20.3 Å². The molecule has 3 rings (SSSR count). The number of aliphatic hydroxyl groups excluding tert-OH is 1. The van der Waals surface area contributed by atoms with E-state index in [1.807, 2.05) is 0 Å². The molecule has 3 N–H and O–H groups in total. The summed E-state index contributed by atoms with van der Waals surface area (Å²) in [5, 5.41) is 17.7. The predicted molar refractivity (Wildman–Crippen MR) is 103 cm³/mol. The van der Waals surface area contributed by atoms with E-state index in [0.29, 0.717) is 15.6 Å². The number of aromatic nitrogens is 2. The number of halogens is 5. The van der Waals surface area contributed by atoms with Gasteiger partial charge in [-0.05, 0) is 30.3 Å². The van der Waals surface area contributed by atoms with E-state index < -0.39 is 18.2 Å². The Bertz CT molecular complexity index is 1010. The lowest BCUT2D eigenvalue weighted by Gasteiger charge is -2.12. The third-order valence-corrected chi connectivity index (χ3v) is 5.02. The molecule has 0 unspecified atom stereocenters. The smallest absolute Gasteiger partial charge is 0.489 e. The quantitative estimate of drug-likeness (QED) is 0.509. The van der Waals surface area contributed by atoms with Crippen LogP contribution in [0, 0.1) is 5.82 Å². The van der Waals surface area contributed by atoms with Gasteiger partial charge in [-0.1, -0.05) is 22.9 Å². The Morgan fingerprint density at radius 2 is 1.80 bits per heavy atom. The lowest BCUT2D eigenvalue weighted by molar-refractivity contribution is -0.274. The second-order valence-electron chi connectivity index (χ2n) is 6.00. The Hall–Kier alpha value is -2.47. The Kier molecular flexibility index (Phi) is 6.76. The summed E-state index contributed by atoms with van der Waals surface area (Å²) in [6, 6.07) is 6.83. The number of ether oxygens (including phenoxy) is 2. The summed E-state index contributed by atoms with van der Waals surface area (Å²) < 4.78 is 60.1. The summed E-state index contributed by atoms with van der Waals surface area (Å²) in [6.07, 6.45) is -4.78. The highest BCUT2D eigenvalue weighted by molar-refractivity contribution is 7.18. The minimum Gasteiger partial charge on any atom is -0.489 e. The normalized spacial score (nSPS) is 12.6. The van der Waals surface area contributed by atoms with Crippen LogP contribution in [0.4, 0.5) is 17.6 Å². The molecule has 1 heterocycles. The average molecular weight is 464 g/mol. The van der Waals surface area contributed by atoms with Crippen LogP contribution in [0.3, 0.4) is 0 Å². The maximum Gasteiger partial charge on any atom is 0.573 e. The fourth-order valence-corrected chi connectivity index (χ4v) is 3.48. The Labute approximate surface area is 176 Å². The van der Waals surface area contributed by atoms with Crippen LogP contribution in [-0.4, -0.2) is 40.9 Å². The highest BCUT2D eigenvalue weighted by Gasteiger charge is 2.31. The summed E-state index contributed by atoms with van der Waals surface area (Å²) in [4.78, 5) is 0. The number of aliphatic hydroxyl groups is 1. The highest BCUT2D eigenvalue weighted by atomic mass is 35.5. The number of benzene rings is 2. The standard InChI is InChI=1S/C18H14ClF4N3O3S/c19-13-6-15(28-8-10(24)7-27)14(20)5-12(13)17-26-25-16(30-17)9-1-3-11(4-2-9)29-18(21,22)23/h1-6,10,27H,7-8,24H2/t10-/m1/s1. The number of alkyl halides is 3. The first kappa shape index (κ1) is 22.2. The largest absolute Gasteiger partial charge is 0.573 e. The molecular formula is C18H14ClF4N3O3S. The second kappa shape index (κ2) is 9.13. The van der Waals surface area contributed by atoms with Crippen molar-refractivity contribution in [1.82, 2.24) is 10.2 Å². The molecule has 0 fully saturated rings. The van der Waals surface area contributed by atoms with Crippen molar-refractivity contribution in [2.24, 2.45) is 5.73 Å². The van der Waals surface area contributed by atoms with E-state index >= 15 is 0 Å². The van der Waals surface area contributed by atoms with Gasteiger partial charge in [-0.25, -0.2) is 4.39 Å². The molecule has 30 heavy (non-hydrogen) atoms. The first-order valence-electron chi connectivity index (χ1n) is 8.34. The van der Waals surface area contributed by atoms with Gasteiger partial charge in [0.15, 0.2) is 11.6 Å². The van der Waals surface area contributed by atoms with Crippen LogP contribution in [0.15, 0.2) is 36.4 Å². The molecule has 0 aliphatic carbocycles. The molecule has 0 saturated carbocycles. The van der Waals surface area contributed by atoms with E-state index in [2.05, 4.69) is 14.9 Å². The van der Waals surface area contributed by atoms with Crippen LogP contribution >= 0.6 is 22.9 Å². The van der Waals surface area contributed by atoms with Crippen LogP contribution < -0.4 is 15.2 Å². The zero-order valence-corrected chi connectivity index (χ0v) is 16.6. The van der Waals surface area contributed by atoms with Gasteiger partial charge in [0.1, 0.15) is 22.4 Å². The van der Waals surface area contributed by atoms with Crippen LogP contribution in [-0.2, 0) is 0 Å². The van der Waals surface area contributed by atoms with E-state index in [9.17, 15) is 17.6 Å². The van der Waals surface area contributed by atoms with Gasteiger partial charge >= 0.3 is 6.36 Å². The number of nitrogens with zero attached hydrogens (tertiary/aromatic N) is 2. The molecule has 0 radical (unpaired) electrons. The van der Waals surface area contributed by atoms with E-state index in [1.165, 1.54) is 18.2 Å². The van der Waals surface area contributed by atoms with Crippen molar-refractivity contribution in [3.8, 4) is 32.6 Å². The summed E-state index contributed by atoms with van der Waals surface area (Å²) in [7, 11) is 0. The summed E-state index contributed by atoms with van der Waals surface area (Å²) >= 11 is 7.29. The molecule has 12 heteroatoms. The van der Waals surface area contributed by atoms with Gasteiger partial charge in [0.2, 0.25) is 0 Å². The molecule has 0 aliphatic heterocycles. The molecule has 1 aromatic heterocycles. The van der Waals surface area contributed by atoms with Crippen molar-refractivity contribution in [3.05, 3.63) is 47.2 Å². The number of hydrogen-bond donors (Lipinski definition) is 2. The highest BCUT2D eigenvalue weighted by Crippen LogP contribution is 2.37. The van der Waals surface area contributed by atoms with Crippen LogP contribution in [0.25, 0.3) is 21.1 Å². The van der Waals surface area contributed by atoms with Crippen molar-refractivity contribution >= 4 is 22.9 Å². The Morgan fingerprint density at radius 3 is 2.43 bits per heavy atom. The first-order chi connectivity index (χ1) is 14.2. The zero-order valence-electron chi connectivity index (χ0n) is 15.0. The molecule has 0 amide bonds. The number of nitrogens with two attached hydrogens (primary N) is 1. The van der Waals surface area contributed by atoms with Crippen molar-refractivity contribution in [3.63, 3.8) is 0 Å². The van der Waals surface area contributed by atoms with E-state index in [0.717, 1.165) is 29.5 Å². The minimum atomic E-state index is -4.78. The van der Waals surface area contributed by atoms with Crippen molar-refractivity contribution in [2.75, 3.05) is 13.2 Å². The van der Waals surface area contributed by atoms with Crippen molar-refractivity contribution < 1.29 is 32.1 Å². The second-order valence-corrected chi connectivity index (χ2v) is 7.39. The van der Waals surface area contributed by atoms with Gasteiger partial charge in [-0.15, -0.1) is 23.4 Å². The average Bonchev–Trinajstić information content (AvgIpc) is 3.17. The molecule has 0 spiro atoms. The fraction of sp³-hybridized carbons (Fsp3) is 0.222. The molecular weight excluding hydrogens is 450 g/mol. The van der Waals surface area contributed by atoms with Gasteiger partial charge in [-0.3, -0.25) is 0 Å². The molecule has 6 nitrogen and oxygen atoms in total. The van der Waals surface area contributed by atoms with Crippen molar-refractivity contribution in [1.29, 1.82) is 0 Å². The Balaban J connectivity index is 1.79. The lowest BCUT2D eigenvalue weighted by Crippen LogP contribution is -2.31. The number of rotatable bonds is 7.